The van der Waals surface area contributed by atoms with E-state index in [0.29, 0.717) is 22.0 Å². The molecule has 3 N–H and O–H groups in total. The van der Waals surface area contributed by atoms with Gasteiger partial charge in [-0.3, -0.25) is 9.78 Å². The van der Waals surface area contributed by atoms with Crippen molar-refractivity contribution in [2.45, 2.75) is 37.1 Å². The number of amides is 1. The Hall–Kier alpha value is -4.09. The van der Waals surface area contributed by atoms with Crippen LogP contribution in [-0.2, 0) is 16.1 Å². The molecule has 1 saturated heterocycles. The number of carboxylic acid groups (broad SMARTS) is 1. The Morgan fingerprint density at radius 2 is 1.78 bits per heavy atom. The van der Waals surface area contributed by atoms with Gasteiger partial charge in [-0.05, 0) is 47.5 Å². The number of aromatic carboxylic acids is 1. The van der Waals surface area contributed by atoms with Crippen molar-refractivity contribution in [2.24, 2.45) is 5.92 Å². The number of ether oxygens (including phenoxy) is 2. The first-order valence-electron chi connectivity index (χ1n) is 13.1. The molecule has 0 spiro atoms. The van der Waals surface area contributed by atoms with Gasteiger partial charge in [-0.15, -0.1) is 11.8 Å². The molecule has 1 amide bonds. The number of carbonyl (C=O) groups excluding carboxylic acids is 1. The van der Waals surface area contributed by atoms with Crippen molar-refractivity contribution in [2.75, 3.05) is 11.1 Å². The molecule has 210 valence electrons. The Bertz CT molecular complexity index is 1500. The van der Waals surface area contributed by atoms with E-state index < -0.39 is 12.3 Å². The zero-order valence-corrected chi connectivity index (χ0v) is 23.0. The summed E-state index contributed by atoms with van der Waals surface area (Å²) >= 11 is 1.33. The summed E-state index contributed by atoms with van der Waals surface area (Å²) in [4.78, 5) is 32.7. The van der Waals surface area contributed by atoms with E-state index in [1.165, 1.54) is 24.0 Å². The summed E-state index contributed by atoms with van der Waals surface area (Å²) in [6.07, 6.45) is 3.26. The van der Waals surface area contributed by atoms with Crippen molar-refractivity contribution >= 4 is 29.3 Å². The molecule has 0 aliphatic carbocycles. The van der Waals surface area contributed by atoms with Crippen molar-refractivity contribution in [3.8, 4) is 0 Å². The van der Waals surface area contributed by atoms with E-state index >= 15 is 0 Å². The van der Waals surface area contributed by atoms with Crippen LogP contribution in [-0.4, -0.2) is 43.9 Å². The third-order valence-electron chi connectivity index (χ3n) is 6.85. The fraction of sp³-hybridized carbons (Fsp3) is 0.226. The summed E-state index contributed by atoms with van der Waals surface area (Å²) < 4.78 is 13.0. The number of nitrogens with one attached hydrogen (secondary N) is 1. The number of carboxylic acids is 1. The molecule has 1 aliphatic heterocycles. The average Bonchev–Trinajstić information content (AvgIpc) is 3.01. The highest BCUT2D eigenvalue weighted by molar-refractivity contribution is 7.99. The highest BCUT2D eigenvalue weighted by atomic mass is 32.2. The Morgan fingerprint density at radius 1 is 0.976 bits per heavy atom. The topological polar surface area (TPSA) is 131 Å². The minimum atomic E-state index is -1.04. The van der Waals surface area contributed by atoms with E-state index in [-0.39, 0.29) is 36.2 Å². The maximum Gasteiger partial charge on any atom is 0.338 e. The molecule has 0 radical (unpaired) electrons. The Kier molecular flexibility index (Phi) is 9.05. The maximum absolute atomic E-state index is 12.7. The van der Waals surface area contributed by atoms with E-state index in [0.717, 1.165) is 16.7 Å². The van der Waals surface area contributed by atoms with Gasteiger partial charge >= 0.3 is 5.97 Å². The van der Waals surface area contributed by atoms with Crippen LogP contribution in [0.15, 0.2) is 96.4 Å². The summed E-state index contributed by atoms with van der Waals surface area (Å²) in [6.45, 7) is 1.98. The van der Waals surface area contributed by atoms with Crippen LogP contribution in [0.5, 0.6) is 0 Å². The van der Waals surface area contributed by atoms with Crippen molar-refractivity contribution in [1.82, 2.24) is 9.97 Å². The van der Waals surface area contributed by atoms with E-state index in [2.05, 4.69) is 15.3 Å². The molecule has 1 fully saturated rings. The number of carbonyl (C=O) groups is 2. The molecule has 0 bridgehead atoms. The highest BCUT2D eigenvalue weighted by Crippen LogP contribution is 2.43. The van der Waals surface area contributed by atoms with Crippen LogP contribution in [0.3, 0.4) is 0 Å². The van der Waals surface area contributed by atoms with Gasteiger partial charge in [-0.25, -0.2) is 9.78 Å². The molecule has 0 unspecified atom stereocenters. The third kappa shape index (κ3) is 6.80. The van der Waals surface area contributed by atoms with Crippen LogP contribution in [0.2, 0.25) is 0 Å². The molecule has 5 rings (SSSR count). The molecule has 1 aliphatic rings. The zero-order valence-electron chi connectivity index (χ0n) is 22.2. The number of nitrogens with zero attached hydrogens (tertiary/aromatic N) is 2. The van der Waals surface area contributed by atoms with Crippen molar-refractivity contribution in [3.63, 3.8) is 0 Å². The lowest BCUT2D eigenvalue weighted by Crippen LogP contribution is -2.38. The first-order valence-corrected chi connectivity index (χ1v) is 14.0. The van der Waals surface area contributed by atoms with Crippen molar-refractivity contribution in [3.05, 3.63) is 119 Å². The molecule has 3 heterocycles. The SMILES string of the molecule is C[C@@H]1[C@H](CSc2ncccc2C(=O)O)O[C@H](c2cccc(NC(=O)c3cccnc3)c2)O[C@@H]1c1ccc(CO)cc1. The standard InChI is InChI=1S/C31H29N3O6S/c1-19-26(18-41-29-25(30(37)38)8-4-14-33-29)39-31(40-27(19)21-11-9-20(17-35)10-12-21)22-5-2-7-24(15-22)34-28(36)23-6-3-13-32-16-23/h2-16,19,26-27,31,35H,17-18H2,1H3,(H,34,36)(H,37,38)/t19-,26+,27+,31+/m1/s1. The molecule has 4 atom stereocenters. The van der Waals surface area contributed by atoms with Crippen LogP contribution in [0.4, 0.5) is 5.69 Å². The molecule has 10 heteroatoms. The third-order valence-corrected chi connectivity index (χ3v) is 7.94. The maximum atomic E-state index is 12.7. The Morgan fingerprint density at radius 3 is 2.51 bits per heavy atom. The number of benzene rings is 2. The van der Waals surface area contributed by atoms with Crippen molar-refractivity contribution in [1.29, 1.82) is 0 Å². The first-order chi connectivity index (χ1) is 19.9. The zero-order chi connectivity index (χ0) is 28.8. The summed E-state index contributed by atoms with van der Waals surface area (Å²) in [5.41, 5.74) is 3.61. The largest absolute Gasteiger partial charge is 0.478 e. The number of hydrogen-bond acceptors (Lipinski definition) is 8. The summed E-state index contributed by atoms with van der Waals surface area (Å²) in [5.74, 6) is -0.966. The van der Waals surface area contributed by atoms with Crippen molar-refractivity contribution < 1.29 is 29.3 Å². The highest BCUT2D eigenvalue weighted by Gasteiger charge is 2.38. The lowest BCUT2D eigenvalue weighted by Gasteiger charge is -2.41. The normalized spacial score (nSPS) is 20.3. The number of aromatic nitrogens is 2. The van der Waals surface area contributed by atoms with E-state index in [9.17, 15) is 19.8 Å². The van der Waals surface area contributed by atoms with Gasteiger partial charge in [0.25, 0.3) is 5.91 Å². The summed E-state index contributed by atoms with van der Waals surface area (Å²) in [6, 6.07) is 21.4. The minimum Gasteiger partial charge on any atom is -0.478 e. The quantitative estimate of drug-likeness (QED) is 0.223. The molecule has 41 heavy (non-hydrogen) atoms. The number of pyridine rings is 2. The summed E-state index contributed by atoms with van der Waals surface area (Å²) in [7, 11) is 0. The number of hydrogen-bond donors (Lipinski definition) is 3. The van der Waals surface area contributed by atoms with Gasteiger partial charge < -0.3 is 25.0 Å². The number of aliphatic hydroxyl groups excluding tert-OH is 1. The Labute approximate surface area is 241 Å². The molecule has 9 nitrogen and oxygen atoms in total. The van der Waals surface area contributed by atoms with E-state index in [1.807, 2.05) is 49.4 Å². The summed E-state index contributed by atoms with van der Waals surface area (Å²) in [5, 5.41) is 22.4. The van der Waals surface area contributed by atoms with Gasteiger partial charge in [0.15, 0.2) is 6.29 Å². The second-order valence-corrected chi connectivity index (χ2v) is 10.6. The van der Waals surface area contributed by atoms with Gasteiger partial charge in [0.1, 0.15) is 5.03 Å². The lowest BCUT2D eigenvalue weighted by atomic mass is 9.91. The van der Waals surface area contributed by atoms with Crippen LogP contribution >= 0.6 is 11.8 Å². The second kappa shape index (κ2) is 13.0. The molecule has 0 saturated carbocycles. The number of anilines is 1. The fourth-order valence-corrected chi connectivity index (χ4v) is 5.75. The van der Waals surface area contributed by atoms with E-state index in [4.69, 9.17) is 9.47 Å². The van der Waals surface area contributed by atoms with Crippen LogP contribution < -0.4 is 5.32 Å². The van der Waals surface area contributed by atoms with Gasteiger partial charge in [0.2, 0.25) is 0 Å². The Balaban J connectivity index is 1.40. The average molecular weight is 572 g/mol. The predicted molar refractivity (Wildman–Crippen MR) is 154 cm³/mol. The first kappa shape index (κ1) is 28.4. The molecular formula is C31H29N3O6S. The monoisotopic (exact) mass is 571 g/mol. The predicted octanol–water partition coefficient (Wildman–Crippen LogP) is 5.50. The van der Waals surface area contributed by atoms with Gasteiger partial charge in [0.05, 0.1) is 29.9 Å². The molecule has 2 aromatic carbocycles. The van der Waals surface area contributed by atoms with Crippen LogP contribution in [0.25, 0.3) is 0 Å². The fourth-order valence-electron chi connectivity index (χ4n) is 4.60. The number of rotatable bonds is 9. The van der Waals surface area contributed by atoms with E-state index in [1.54, 1.807) is 36.7 Å². The number of thioether (sulfide) groups is 1. The molecule has 2 aromatic heterocycles. The van der Waals surface area contributed by atoms with Gasteiger partial charge in [0, 0.05) is 41.5 Å². The smallest absolute Gasteiger partial charge is 0.338 e. The lowest BCUT2D eigenvalue weighted by molar-refractivity contribution is -0.268. The molecule has 4 aromatic rings. The van der Waals surface area contributed by atoms with Crippen LogP contribution in [0, 0.1) is 5.92 Å². The second-order valence-electron chi connectivity index (χ2n) is 9.62. The van der Waals surface area contributed by atoms with Gasteiger partial charge in [-0.2, -0.15) is 0 Å². The van der Waals surface area contributed by atoms with Crippen LogP contribution in [0.1, 0.15) is 56.7 Å². The van der Waals surface area contributed by atoms with Gasteiger partial charge in [-0.1, -0.05) is 43.3 Å². The minimum absolute atomic E-state index is 0.0557. The number of aliphatic hydroxyl groups is 1. The molecular weight excluding hydrogens is 542 g/mol.